The number of benzene rings is 4. The molecule has 0 aliphatic heterocycles. The van der Waals surface area contributed by atoms with E-state index in [0.717, 1.165) is 22.3 Å². The minimum atomic E-state index is -1.34. The van der Waals surface area contributed by atoms with Crippen molar-refractivity contribution in [2.24, 2.45) is 16.7 Å². The third kappa shape index (κ3) is 10.8. The Labute approximate surface area is 461 Å². The van der Waals surface area contributed by atoms with Crippen LogP contribution in [0, 0.1) is 16.7 Å². The number of nitrogen functional groups attached to an aromatic ring is 2. The summed E-state index contributed by atoms with van der Waals surface area (Å²) in [4.78, 5) is 72.2. The first-order valence-electron chi connectivity index (χ1n) is 26.2. The van der Waals surface area contributed by atoms with E-state index in [1.165, 1.54) is 26.9 Å². The second-order valence-corrected chi connectivity index (χ2v) is 21.4. The molecule has 4 aromatic heterocycles. The molecule has 0 fully saturated rings. The van der Waals surface area contributed by atoms with Crippen LogP contribution in [-0.2, 0) is 32.2 Å². The highest BCUT2D eigenvalue weighted by Gasteiger charge is 2.48. The molecule has 0 bridgehead atoms. The van der Waals surface area contributed by atoms with E-state index < -0.39 is 40.9 Å². The molecule has 2 amide bonds. The zero-order valence-electron chi connectivity index (χ0n) is 45.4. The normalized spacial score (nSPS) is 17.3. The Morgan fingerprint density at radius 3 is 1.54 bits per heavy atom. The molecule has 0 radical (unpaired) electrons. The Bertz CT molecular complexity index is 3710. The number of methoxy groups -OCH3 is 2. The Hall–Kier alpha value is -9.46. The summed E-state index contributed by atoms with van der Waals surface area (Å²) in [5, 5.41) is 17.2. The quantitative estimate of drug-likeness (QED) is 0.0491. The molecule has 4 heterocycles. The third-order valence-electron chi connectivity index (χ3n) is 14.6. The van der Waals surface area contributed by atoms with Gasteiger partial charge in [0, 0.05) is 36.6 Å². The Morgan fingerprint density at radius 2 is 1.06 bits per heavy atom. The summed E-state index contributed by atoms with van der Waals surface area (Å²) in [5.74, 6) is -0.505. The summed E-state index contributed by atoms with van der Waals surface area (Å²) >= 11 is 0. The van der Waals surface area contributed by atoms with Crippen LogP contribution in [0.5, 0.6) is 11.5 Å². The average molecular weight is 1080 g/mol. The van der Waals surface area contributed by atoms with Gasteiger partial charge < -0.3 is 41.0 Å². The molecule has 6 N–H and O–H groups in total. The number of aromatic nitrogens is 8. The number of nitrogens with one attached hydrogen (secondary N) is 2. The number of allylic oxidation sites excluding steroid dienone is 2. The predicted molar refractivity (Wildman–Crippen MR) is 301 cm³/mol. The number of carbonyl (C=O) groups is 4. The lowest BCUT2D eigenvalue weighted by atomic mass is 9.78. The Morgan fingerprint density at radius 1 is 0.600 bits per heavy atom. The van der Waals surface area contributed by atoms with Crippen LogP contribution >= 0.6 is 0 Å². The second kappa shape index (κ2) is 22.1. The molecule has 0 saturated carbocycles. The van der Waals surface area contributed by atoms with Crippen LogP contribution in [-0.4, -0.2) is 89.7 Å². The van der Waals surface area contributed by atoms with Crippen LogP contribution in [0.4, 0.5) is 11.6 Å². The minimum Gasteiger partial charge on any atom is -0.496 e. The van der Waals surface area contributed by atoms with Crippen molar-refractivity contribution < 1.29 is 38.1 Å². The molecule has 20 heteroatoms. The van der Waals surface area contributed by atoms with Crippen molar-refractivity contribution in [3.05, 3.63) is 156 Å². The number of esters is 2. The van der Waals surface area contributed by atoms with Gasteiger partial charge in [0.05, 0.1) is 59.0 Å². The third-order valence-corrected chi connectivity index (χ3v) is 14.6. The molecule has 1 unspecified atom stereocenters. The smallest absolute Gasteiger partial charge is 0.315 e. The average Bonchev–Trinajstić information content (AvgIpc) is 4.43. The highest BCUT2D eigenvalue weighted by molar-refractivity contribution is 6.00. The van der Waals surface area contributed by atoms with Gasteiger partial charge in [-0.3, -0.25) is 19.2 Å². The fourth-order valence-corrected chi connectivity index (χ4v) is 10.1. The van der Waals surface area contributed by atoms with Gasteiger partial charge in [0.15, 0.2) is 11.3 Å². The second-order valence-electron chi connectivity index (χ2n) is 21.4. The van der Waals surface area contributed by atoms with E-state index in [0.29, 0.717) is 68.9 Å². The molecule has 10 rings (SSSR count). The fraction of sp³-hybridized carbons (Fsp3) is 0.300. The van der Waals surface area contributed by atoms with Crippen molar-refractivity contribution in [1.82, 2.24) is 50.1 Å². The van der Waals surface area contributed by atoms with Crippen molar-refractivity contribution in [1.29, 1.82) is 0 Å². The molecule has 0 spiro atoms. The van der Waals surface area contributed by atoms with Crippen LogP contribution < -0.4 is 31.6 Å². The van der Waals surface area contributed by atoms with E-state index in [-0.39, 0.29) is 48.6 Å². The van der Waals surface area contributed by atoms with Crippen molar-refractivity contribution in [2.75, 3.05) is 25.7 Å². The van der Waals surface area contributed by atoms with Gasteiger partial charge in [0.2, 0.25) is 0 Å². The number of hydrogen-bond acceptors (Lipinski definition) is 16. The number of hydrogen-bond donors (Lipinski definition) is 4. The van der Waals surface area contributed by atoms with E-state index in [1.54, 1.807) is 92.5 Å². The van der Waals surface area contributed by atoms with E-state index in [9.17, 15) is 19.2 Å². The van der Waals surface area contributed by atoms with Gasteiger partial charge in [-0.1, -0.05) is 91.0 Å². The predicted octanol–water partition coefficient (Wildman–Crippen LogP) is 8.56. The summed E-state index contributed by atoms with van der Waals surface area (Å²) in [6, 6.07) is 28.6. The first-order chi connectivity index (χ1) is 38.4. The lowest BCUT2D eigenvalue weighted by molar-refractivity contribution is -0.180. The lowest BCUT2D eigenvalue weighted by Crippen LogP contribution is -2.47. The van der Waals surface area contributed by atoms with Gasteiger partial charge in [-0.25, -0.2) is 29.3 Å². The van der Waals surface area contributed by atoms with E-state index in [2.05, 4.69) is 30.6 Å². The molecule has 5 atom stereocenters. The van der Waals surface area contributed by atoms with Gasteiger partial charge in [0.25, 0.3) is 11.8 Å². The molecular formula is C60H62N12O8. The summed E-state index contributed by atoms with van der Waals surface area (Å²) in [7, 11) is 3.05. The first-order valence-corrected chi connectivity index (χ1v) is 26.2. The molecule has 410 valence electrons. The van der Waals surface area contributed by atoms with Gasteiger partial charge in [-0.2, -0.15) is 10.2 Å². The van der Waals surface area contributed by atoms with Gasteiger partial charge in [-0.05, 0) is 82.5 Å². The molecule has 2 aliphatic carbocycles. The number of nitrogens with two attached hydrogens (primary N) is 2. The summed E-state index contributed by atoms with van der Waals surface area (Å²) in [6.45, 7) is 9.35. The Balaban J connectivity index is 0.832. The number of fused-ring (bicyclic) bond motifs is 2. The van der Waals surface area contributed by atoms with Crippen LogP contribution in [0.25, 0.3) is 44.6 Å². The zero-order valence-corrected chi connectivity index (χ0v) is 45.4. The van der Waals surface area contributed by atoms with Crippen LogP contribution in [0.3, 0.4) is 0 Å². The maximum atomic E-state index is 14.6. The van der Waals surface area contributed by atoms with Crippen molar-refractivity contribution in [2.45, 2.75) is 84.8 Å². The number of nitrogens with zero attached hydrogens (tertiary/aromatic N) is 8. The van der Waals surface area contributed by atoms with Crippen molar-refractivity contribution in [3.8, 4) is 34.0 Å². The fourth-order valence-electron chi connectivity index (χ4n) is 10.1. The van der Waals surface area contributed by atoms with Crippen molar-refractivity contribution in [3.63, 3.8) is 0 Å². The number of carbonyl (C=O) groups excluding carboxylic acids is 4. The highest BCUT2D eigenvalue weighted by atomic mass is 16.6. The van der Waals surface area contributed by atoms with E-state index in [1.807, 2.05) is 72.8 Å². The monoisotopic (exact) mass is 1080 g/mol. The maximum absolute atomic E-state index is 14.6. The van der Waals surface area contributed by atoms with Gasteiger partial charge >= 0.3 is 11.9 Å². The SMILES string of the molecule is COc1ccccc1C(=O)NCc1ccc(-c2nn([C@H]3C=C[C@@H](OC(=O)C(C)(C)C(OC(=O)C(C)(C)C)[C@@H]4C=C[C@H](n5nc(-c6ccc(CNC(=O)c7ccccc7OC)cc6)c6c(N)ncnc65)C4)C3)c3ncnc(N)c23)cc1. The topological polar surface area (TPSA) is 268 Å². The first kappa shape index (κ1) is 53.9. The van der Waals surface area contributed by atoms with Gasteiger partial charge in [-0.15, -0.1) is 0 Å². The summed E-state index contributed by atoms with van der Waals surface area (Å²) in [6.07, 6.45) is 9.61. The van der Waals surface area contributed by atoms with Gasteiger partial charge in [0.1, 0.15) is 59.4 Å². The number of ether oxygens (including phenoxy) is 4. The lowest BCUT2D eigenvalue weighted by Gasteiger charge is -2.37. The molecule has 80 heavy (non-hydrogen) atoms. The number of para-hydroxylation sites is 2. The summed E-state index contributed by atoms with van der Waals surface area (Å²) < 4.78 is 27.0. The van der Waals surface area contributed by atoms with Crippen LogP contribution in [0.1, 0.15) is 91.4 Å². The largest absolute Gasteiger partial charge is 0.496 e. The van der Waals surface area contributed by atoms with Crippen LogP contribution in [0.2, 0.25) is 0 Å². The zero-order chi connectivity index (χ0) is 56.5. The molecular weight excluding hydrogens is 1020 g/mol. The molecule has 20 nitrogen and oxygen atoms in total. The standard InChI is InChI=1S/C60H62N12O8/c1-59(2,3)57(75)80-50(38-24-25-39(28-38)71-53-46(51(61)65-32-67-53)48(69-71)36-20-16-34(17-21-36)30-63-55(73)42-12-8-10-14-44(42)77-6)60(4,5)58(76)79-41-27-26-40(29-41)72-54-47(52(62)66-33-68-54)49(70-72)37-22-18-35(19-23-37)31-64-56(74)43-13-9-11-15-45(43)78-7/h8-27,32-33,38-41,50H,28-31H2,1-7H3,(H,63,73)(H,64,74)(H2,61,65,67)(H2,62,66,68)/t38-,39+,40+,41-,50?/m1/s1. The highest BCUT2D eigenvalue weighted by Crippen LogP contribution is 2.43. The van der Waals surface area contributed by atoms with Crippen molar-refractivity contribution >= 4 is 57.5 Å². The molecule has 4 aromatic carbocycles. The maximum Gasteiger partial charge on any atom is 0.315 e. The summed E-state index contributed by atoms with van der Waals surface area (Å²) in [5.41, 5.74) is 17.1. The number of anilines is 2. The molecule has 2 aliphatic rings. The number of rotatable bonds is 17. The Kier molecular flexibility index (Phi) is 14.9. The molecule has 0 saturated heterocycles. The number of amides is 2. The minimum absolute atomic E-state index is 0.252. The van der Waals surface area contributed by atoms with E-state index >= 15 is 0 Å². The molecule has 8 aromatic rings. The van der Waals surface area contributed by atoms with E-state index in [4.69, 9.17) is 40.6 Å². The van der Waals surface area contributed by atoms with Crippen LogP contribution in [0.15, 0.2) is 134 Å².